The van der Waals surface area contributed by atoms with Crippen LogP contribution in [0.25, 0.3) is 0 Å². The summed E-state index contributed by atoms with van der Waals surface area (Å²) in [6, 6.07) is 6.00. The van der Waals surface area contributed by atoms with E-state index in [1.807, 2.05) is 19.1 Å². The van der Waals surface area contributed by atoms with Crippen LogP contribution < -0.4 is 10.6 Å². The number of esters is 1. The molecule has 0 saturated heterocycles. The molecule has 0 heterocycles. The second-order valence-corrected chi connectivity index (χ2v) is 8.91. The average Bonchev–Trinajstić information content (AvgIpc) is 2.69. The fourth-order valence-electron chi connectivity index (χ4n) is 3.09. The molecular weight excluding hydrogens is 426 g/mol. The molecule has 9 heteroatoms. The van der Waals surface area contributed by atoms with E-state index in [-0.39, 0.29) is 32.2 Å². The van der Waals surface area contributed by atoms with Crippen molar-refractivity contribution in [3.05, 3.63) is 35.4 Å². The zero-order valence-electron chi connectivity index (χ0n) is 20.7. The second kappa shape index (κ2) is 12.8. The van der Waals surface area contributed by atoms with Gasteiger partial charge in [0.15, 0.2) is 0 Å². The largest absolute Gasteiger partial charge is 0.466 e. The molecule has 0 aromatic heterocycles. The molecule has 1 aromatic rings. The molecule has 33 heavy (non-hydrogen) atoms. The van der Waals surface area contributed by atoms with Gasteiger partial charge in [0, 0.05) is 12.6 Å². The number of ether oxygens (including phenoxy) is 2. The third-order valence-corrected chi connectivity index (χ3v) is 4.48. The lowest BCUT2D eigenvalue weighted by Gasteiger charge is -2.34. The normalized spacial score (nSPS) is 12.0. The molecule has 3 amide bonds. The number of alkyl carbamates (subject to hydrolysis) is 1. The highest BCUT2D eigenvalue weighted by atomic mass is 16.6. The summed E-state index contributed by atoms with van der Waals surface area (Å²) in [5, 5.41) is 5.18. The molecular formula is C24H37N3O6. The molecule has 0 radical (unpaired) electrons. The third kappa shape index (κ3) is 9.93. The van der Waals surface area contributed by atoms with Gasteiger partial charge in [-0.05, 0) is 54.0 Å². The summed E-state index contributed by atoms with van der Waals surface area (Å²) in [4.78, 5) is 51.3. The first kappa shape index (κ1) is 27.9. The Labute approximate surface area is 196 Å². The van der Waals surface area contributed by atoms with Crippen molar-refractivity contribution in [2.24, 2.45) is 0 Å². The van der Waals surface area contributed by atoms with Crippen LogP contribution in [0.2, 0.25) is 0 Å². The zero-order valence-corrected chi connectivity index (χ0v) is 20.7. The SMILES string of the molecule is CCOC(=O)CCNC(=O)C(c1ccc(C)cc1)N(C(=O)CNC(=O)OC(C)(C)C)C(C)C. The molecule has 184 valence electrons. The summed E-state index contributed by atoms with van der Waals surface area (Å²) in [5.41, 5.74) is 0.927. The molecule has 2 N–H and O–H groups in total. The van der Waals surface area contributed by atoms with Crippen LogP contribution in [0, 0.1) is 6.92 Å². The molecule has 1 aromatic carbocycles. The lowest BCUT2D eigenvalue weighted by molar-refractivity contribution is -0.144. The van der Waals surface area contributed by atoms with Crippen LogP contribution in [0.15, 0.2) is 24.3 Å². The number of nitrogens with one attached hydrogen (secondary N) is 2. The monoisotopic (exact) mass is 463 g/mol. The van der Waals surface area contributed by atoms with Gasteiger partial charge in [-0.25, -0.2) is 4.79 Å². The predicted molar refractivity (Wildman–Crippen MR) is 124 cm³/mol. The third-order valence-electron chi connectivity index (χ3n) is 4.48. The van der Waals surface area contributed by atoms with Crippen LogP contribution in [0.5, 0.6) is 0 Å². The highest BCUT2D eigenvalue weighted by molar-refractivity contribution is 5.90. The van der Waals surface area contributed by atoms with Crippen molar-refractivity contribution in [2.45, 2.75) is 72.6 Å². The summed E-state index contributed by atoms with van der Waals surface area (Å²) in [6.45, 7) is 12.4. The van der Waals surface area contributed by atoms with Crippen molar-refractivity contribution in [3.8, 4) is 0 Å². The first-order chi connectivity index (χ1) is 15.4. The smallest absolute Gasteiger partial charge is 0.408 e. The number of carbonyl (C=O) groups is 4. The van der Waals surface area contributed by atoms with Gasteiger partial charge in [0.2, 0.25) is 11.8 Å². The van der Waals surface area contributed by atoms with Gasteiger partial charge in [0.05, 0.1) is 13.0 Å². The minimum atomic E-state index is -0.944. The van der Waals surface area contributed by atoms with Crippen LogP contribution in [0.4, 0.5) is 4.79 Å². The standard InChI is InChI=1S/C24H37N3O6/c1-8-32-20(29)13-14-25-22(30)21(18-11-9-17(4)10-12-18)27(16(2)3)19(28)15-26-23(31)33-24(5,6)7/h9-12,16,21H,8,13-15H2,1-7H3,(H,25,30)(H,26,31). The molecule has 0 bridgehead atoms. The Morgan fingerprint density at radius 1 is 1.03 bits per heavy atom. The Hall–Kier alpha value is -3.10. The Balaban J connectivity index is 3.06. The zero-order chi connectivity index (χ0) is 25.2. The van der Waals surface area contributed by atoms with E-state index in [0.29, 0.717) is 5.56 Å². The van der Waals surface area contributed by atoms with Crippen LogP contribution in [-0.4, -0.2) is 60.1 Å². The molecule has 1 unspecified atom stereocenters. The van der Waals surface area contributed by atoms with E-state index in [2.05, 4.69) is 10.6 Å². The van der Waals surface area contributed by atoms with Crippen molar-refractivity contribution in [3.63, 3.8) is 0 Å². The first-order valence-electron chi connectivity index (χ1n) is 11.1. The molecule has 0 spiro atoms. The predicted octanol–water partition coefficient (Wildman–Crippen LogP) is 2.87. The minimum absolute atomic E-state index is 0.0238. The van der Waals surface area contributed by atoms with E-state index < -0.39 is 35.5 Å². The van der Waals surface area contributed by atoms with Gasteiger partial charge in [-0.2, -0.15) is 0 Å². The molecule has 0 saturated carbocycles. The highest BCUT2D eigenvalue weighted by Gasteiger charge is 2.33. The van der Waals surface area contributed by atoms with Gasteiger partial charge in [0.1, 0.15) is 18.2 Å². The molecule has 0 fully saturated rings. The van der Waals surface area contributed by atoms with Crippen molar-refractivity contribution in [2.75, 3.05) is 19.7 Å². The molecule has 0 aliphatic carbocycles. The number of hydrogen-bond acceptors (Lipinski definition) is 6. The van der Waals surface area contributed by atoms with Crippen LogP contribution in [0.3, 0.4) is 0 Å². The molecule has 9 nitrogen and oxygen atoms in total. The molecule has 1 atom stereocenters. The number of carbonyl (C=O) groups excluding carboxylic acids is 4. The lowest BCUT2D eigenvalue weighted by atomic mass is 10.0. The van der Waals surface area contributed by atoms with Gasteiger partial charge in [-0.3, -0.25) is 14.4 Å². The summed E-state index contributed by atoms with van der Waals surface area (Å²) in [7, 11) is 0. The quantitative estimate of drug-likeness (QED) is 0.516. The first-order valence-corrected chi connectivity index (χ1v) is 11.1. The van der Waals surface area contributed by atoms with Crippen molar-refractivity contribution in [1.82, 2.24) is 15.5 Å². The highest BCUT2D eigenvalue weighted by Crippen LogP contribution is 2.24. The van der Waals surface area contributed by atoms with Gasteiger partial charge < -0.3 is 25.0 Å². The number of nitrogens with zero attached hydrogens (tertiary/aromatic N) is 1. The summed E-state index contributed by atoms with van der Waals surface area (Å²) in [5.74, 6) is -1.28. The Kier molecular flexibility index (Phi) is 10.8. The maximum atomic E-state index is 13.2. The van der Waals surface area contributed by atoms with Crippen LogP contribution >= 0.6 is 0 Å². The summed E-state index contributed by atoms with van der Waals surface area (Å²) in [6.07, 6.45) is -0.693. The van der Waals surface area contributed by atoms with E-state index in [9.17, 15) is 19.2 Å². The minimum Gasteiger partial charge on any atom is -0.466 e. The van der Waals surface area contributed by atoms with Crippen molar-refractivity contribution >= 4 is 23.9 Å². The van der Waals surface area contributed by atoms with Gasteiger partial charge in [-0.1, -0.05) is 29.8 Å². The molecule has 0 aliphatic rings. The van der Waals surface area contributed by atoms with Crippen LogP contribution in [0.1, 0.15) is 65.1 Å². The van der Waals surface area contributed by atoms with Gasteiger partial charge in [-0.15, -0.1) is 0 Å². The van der Waals surface area contributed by atoms with Crippen molar-refractivity contribution < 1.29 is 28.7 Å². The maximum Gasteiger partial charge on any atom is 0.408 e. The number of hydrogen-bond donors (Lipinski definition) is 2. The van der Waals surface area contributed by atoms with E-state index in [0.717, 1.165) is 5.56 Å². The number of aryl methyl sites for hydroxylation is 1. The van der Waals surface area contributed by atoms with Gasteiger partial charge >= 0.3 is 12.1 Å². The van der Waals surface area contributed by atoms with E-state index in [4.69, 9.17) is 9.47 Å². The second-order valence-electron chi connectivity index (χ2n) is 8.91. The Bertz CT molecular complexity index is 814. The fraction of sp³-hybridized carbons (Fsp3) is 0.583. The number of amides is 3. The fourth-order valence-corrected chi connectivity index (χ4v) is 3.09. The topological polar surface area (TPSA) is 114 Å². The summed E-state index contributed by atoms with van der Waals surface area (Å²) < 4.78 is 10.1. The number of rotatable bonds is 10. The number of benzene rings is 1. The molecule has 0 aliphatic heterocycles. The van der Waals surface area contributed by atoms with Gasteiger partial charge in [0.25, 0.3) is 0 Å². The molecule has 1 rings (SSSR count). The van der Waals surface area contributed by atoms with Crippen LogP contribution in [-0.2, 0) is 23.9 Å². The lowest BCUT2D eigenvalue weighted by Crippen LogP contribution is -2.50. The van der Waals surface area contributed by atoms with E-state index in [1.54, 1.807) is 53.7 Å². The van der Waals surface area contributed by atoms with E-state index >= 15 is 0 Å². The Morgan fingerprint density at radius 3 is 2.15 bits per heavy atom. The van der Waals surface area contributed by atoms with E-state index in [1.165, 1.54) is 4.90 Å². The maximum absolute atomic E-state index is 13.2. The Morgan fingerprint density at radius 2 is 1.64 bits per heavy atom. The summed E-state index contributed by atoms with van der Waals surface area (Å²) >= 11 is 0. The van der Waals surface area contributed by atoms with Crippen molar-refractivity contribution in [1.29, 1.82) is 0 Å². The average molecular weight is 464 g/mol.